The Balaban J connectivity index is 1.74. The van der Waals surface area contributed by atoms with Crippen LogP contribution < -0.4 is 10.1 Å². The van der Waals surface area contributed by atoms with Crippen LogP contribution in [0.2, 0.25) is 0 Å². The van der Waals surface area contributed by atoms with Gasteiger partial charge in [-0.2, -0.15) is 0 Å². The van der Waals surface area contributed by atoms with Crippen LogP contribution in [0.25, 0.3) is 0 Å². The first-order valence-corrected chi connectivity index (χ1v) is 7.51. The molecule has 1 heterocycles. The van der Waals surface area contributed by atoms with Crippen LogP contribution in [0.15, 0.2) is 54.6 Å². The molecule has 21 heavy (non-hydrogen) atoms. The average molecular weight is 282 g/mol. The predicted octanol–water partition coefficient (Wildman–Crippen LogP) is 3.98. The van der Waals surface area contributed by atoms with Gasteiger partial charge in [-0.05, 0) is 44.7 Å². The Bertz CT molecular complexity index is 575. The number of hydrogen-bond donors (Lipinski definition) is 1. The van der Waals surface area contributed by atoms with E-state index in [9.17, 15) is 0 Å². The van der Waals surface area contributed by atoms with Gasteiger partial charge in [0.05, 0.1) is 5.69 Å². The molecule has 1 fully saturated rings. The number of hydrogen-bond acceptors (Lipinski definition) is 3. The van der Waals surface area contributed by atoms with Gasteiger partial charge in [-0.15, -0.1) is 0 Å². The van der Waals surface area contributed by atoms with E-state index >= 15 is 0 Å². The van der Waals surface area contributed by atoms with Gasteiger partial charge in [0.15, 0.2) is 5.75 Å². The monoisotopic (exact) mass is 282 g/mol. The third-order valence-electron chi connectivity index (χ3n) is 4.10. The molecule has 2 aromatic rings. The van der Waals surface area contributed by atoms with Gasteiger partial charge < -0.3 is 15.0 Å². The van der Waals surface area contributed by atoms with Gasteiger partial charge in [0.2, 0.25) is 0 Å². The number of ether oxygens (including phenoxy) is 1. The van der Waals surface area contributed by atoms with E-state index < -0.39 is 0 Å². The second kappa shape index (κ2) is 6.19. The molecule has 1 aliphatic rings. The highest BCUT2D eigenvalue weighted by Crippen LogP contribution is 2.31. The fraction of sp³-hybridized carbons (Fsp3) is 0.333. The number of benzene rings is 2. The minimum atomic E-state index is 0.477. The van der Waals surface area contributed by atoms with Gasteiger partial charge >= 0.3 is 0 Å². The Hall–Kier alpha value is -2.00. The zero-order valence-corrected chi connectivity index (χ0v) is 12.6. The molecule has 0 radical (unpaired) electrons. The Morgan fingerprint density at radius 1 is 1.05 bits per heavy atom. The largest absolute Gasteiger partial charge is 0.455 e. The first kappa shape index (κ1) is 14.0. The van der Waals surface area contributed by atoms with Crippen LogP contribution in [0.4, 0.5) is 5.69 Å². The summed E-state index contributed by atoms with van der Waals surface area (Å²) in [6.07, 6.45) is 1.16. The van der Waals surface area contributed by atoms with Crippen LogP contribution in [-0.2, 0) is 0 Å². The van der Waals surface area contributed by atoms with E-state index in [1.54, 1.807) is 0 Å². The molecule has 2 atom stereocenters. The Morgan fingerprint density at radius 3 is 2.48 bits per heavy atom. The SMILES string of the molecule is CC1CC(Nc2ccccc2Oc2ccccc2)CN1C. The van der Waals surface area contributed by atoms with Crippen LogP contribution in [0, 0.1) is 0 Å². The van der Waals surface area contributed by atoms with E-state index in [4.69, 9.17) is 4.74 Å². The molecular formula is C18H22N2O. The molecule has 1 N–H and O–H groups in total. The summed E-state index contributed by atoms with van der Waals surface area (Å²) in [4.78, 5) is 2.39. The fourth-order valence-corrected chi connectivity index (χ4v) is 2.81. The highest BCUT2D eigenvalue weighted by Gasteiger charge is 2.26. The standard InChI is InChI=1S/C18H22N2O/c1-14-12-15(13-20(14)2)19-17-10-6-7-11-18(17)21-16-8-4-3-5-9-16/h3-11,14-15,19H,12-13H2,1-2H3. The van der Waals surface area contributed by atoms with E-state index in [2.05, 4.69) is 30.3 Å². The molecule has 0 aromatic heterocycles. The minimum Gasteiger partial charge on any atom is -0.455 e. The lowest BCUT2D eigenvalue weighted by molar-refractivity contribution is 0.330. The molecule has 110 valence electrons. The van der Waals surface area contributed by atoms with Crippen molar-refractivity contribution in [2.75, 3.05) is 18.9 Å². The molecule has 1 saturated heterocycles. The third-order valence-corrected chi connectivity index (χ3v) is 4.10. The van der Waals surface area contributed by atoms with Gasteiger partial charge in [0.25, 0.3) is 0 Å². The zero-order chi connectivity index (χ0) is 14.7. The summed E-state index contributed by atoms with van der Waals surface area (Å²) in [7, 11) is 2.18. The topological polar surface area (TPSA) is 24.5 Å². The number of likely N-dealkylation sites (N-methyl/N-ethyl adjacent to an activating group) is 1. The van der Waals surface area contributed by atoms with Gasteiger partial charge in [-0.25, -0.2) is 0 Å². The van der Waals surface area contributed by atoms with E-state index in [0.29, 0.717) is 12.1 Å². The summed E-state index contributed by atoms with van der Waals surface area (Å²) >= 11 is 0. The number of para-hydroxylation sites is 3. The summed E-state index contributed by atoms with van der Waals surface area (Å²) in [5.74, 6) is 1.74. The highest BCUT2D eigenvalue weighted by molar-refractivity contribution is 5.58. The lowest BCUT2D eigenvalue weighted by Crippen LogP contribution is -2.25. The van der Waals surface area contributed by atoms with E-state index in [-0.39, 0.29) is 0 Å². The molecule has 1 aliphatic heterocycles. The van der Waals surface area contributed by atoms with E-state index in [1.165, 1.54) is 0 Å². The van der Waals surface area contributed by atoms with Crippen molar-refractivity contribution < 1.29 is 4.74 Å². The number of nitrogens with one attached hydrogen (secondary N) is 1. The summed E-state index contributed by atoms with van der Waals surface area (Å²) < 4.78 is 6.00. The molecule has 2 unspecified atom stereocenters. The first-order valence-electron chi connectivity index (χ1n) is 7.51. The van der Waals surface area contributed by atoms with Crippen molar-refractivity contribution >= 4 is 5.69 Å². The summed E-state index contributed by atoms with van der Waals surface area (Å²) in [5.41, 5.74) is 1.06. The van der Waals surface area contributed by atoms with Crippen molar-refractivity contribution in [3.63, 3.8) is 0 Å². The van der Waals surface area contributed by atoms with Crippen LogP contribution in [-0.4, -0.2) is 30.6 Å². The molecule has 0 spiro atoms. The molecule has 3 nitrogen and oxygen atoms in total. The molecule has 0 bridgehead atoms. The molecule has 3 heteroatoms. The summed E-state index contributed by atoms with van der Waals surface area (Å²) in [6, 6.07) is 19.2. The number of anilines is 1. The lowest BCUT2D eigenvalue weighted by Gasteiger charge is -2.17. The molecule has 0 saturated carbocycles. The molecule has 0 aliphatic carbocycles. The minimum absolute atomic E-state index is 0.477. The van der Waals surface area contributed by atoms with Crippen molar-refractivity contribution in [2.45, 2.75) is 25.4 Å². The maximum atomic E-state index is 6.00. The second-order valence-corrected chi connectivity index (χ2v) is 5.78. The number of rotatable bonds is 4. The molecule has 2 aromatic carbocycles. The smallest absolute Gasteiger partial charge is 0.150 e. The highest BCUT2D eigenvalue weighted by atomic mass is 16.5. The van der Waals surface area contributed by atoms with Gasteiger partial charge in [0, 0.05) is 18.6 Å². The number of likely N-dealkylation sites (tertiary alicyclic amines) is 1. The maximum absolute atomic E-state index is 6.00. The Morgan fingerprint density at radius 2 is 1.76 bits per heavy atom. The van der Waals surface area contributed by atoms with Crippen molar-refractivity contribution in [1.29, 1.82) is 0 Å². The van der Waals surface area contributed by atoms with Crippen molar-refractivity contribution in [1.82, 2.24) is 4.90 Å². The molecular weight excluding hydrogens is 260 g/mol. The van der Waals surface area contributed by atoms with Gasteiger partial charge in [-0.1, -0.05) is 30.3 Å². The first-order chi connectivity index (χ1) is 10.2. The Kier molecular flexibility index (Phi) is 4.11. The van der Waals surface area contributed by atoms with Crippen LogP contribution >= 0.6 is 0 Å². The average Bonchev–Trinajstić information content (AvgIpc) is 2.80. The second-order valence-electron chi connectivity index (χ2n) is 5.78. The summed E-state index contributed by atoms with van der Waals surface area (Å²) in [5, 5.41) is 3.62. The van der Waals surface area contributed by atoms with Crippen molar-refractivity contribution in [3.8, 4) is 11.5 Å². The van der Waals surface area contributed by atoms with Gasteiger partial charge in [-0.3, -0.25) is 0 Å². The molecule has 3 rings (SSSR count). The van der Waals surface area contributed by atoms with Crippen molar-refractivity contribution in [2.24, 2.45) is 0 Å². The molecule has 0 amide bonds. The predicted molar refractivity (Wildman–Crippen MR) is 87.1 cm³/mol. The van der Waals surface area contributed by atoms with Crippen LogP contribution in [0.3, 0.4) is 0 Å². The van der Waals surface area contributed by atoms with Crippen LogP contribution in [0.5, 0.6) is 11.5 Å². The van der Waals surface area contributed by atoms with Gasteiger partial charge in [0.1, 0.15) is 5.75 Å². The van der Waals surface area contributed by atoms with E-state index in [0.717, 1.165) is 30.2 Å². The van der Waals surface area contributed by atoms with Crippen LogP contribution in [0.1, 0.15) is 13.3 Å². The number of nitrogens with zero attached hydrogens (tertiary/aromatic N) is 1. The fourth-order valence-electron chi connectivity index (χ4n) is 2.81. The lowest BCUT2D eigenvalue weighted by atomic mass is 10.2. The zero-order valence-electron chi connectivity index (χ0n) is 12.6. The third kappa shape index (κ3) is 3.37. The summed E-state index contributed by atoms with van der Waals surface area (Å²) in [6.45, 7) is 3.34. The maximum Gasteiger partial charge on any atom is 0.150 e. The quantitative estimate of drug-likeness (QED) is 0.918. The normalized spacial score (nSPS) is 22.2. The Labute approximate surface area is 126 Å². The van der Waals surface area contributed by atoms with Crippen molar-refractivity contribution in [3.05, 3.63) is 54.6 Å². The van der Waals surface area contributed by atoms with E-state index in [1.807, 2.05) is 48.5 Å².